The molecule has 4 heteroatoms. The molecule has 2 heterocycles. The summed E-state index contributed by atoms with van der Waals surface area (Å²) in [7, 11) is 0. The summed E-state index contributed by atoms with van der Waals surface area (Å²) in [4.78, 5) is 8.93. The van der Waals surface area contributed by atoms with E-state index in [1.807, 2.05) is 18.2 Å². The predicted octanol–water partition coefficient (Wildman–Crippen LogP) is 3.73. The largest absolute Gasteiger partial charge is 0.311 e. The lowest BCUT2D eigenvalue weighted by Crippen LogP contribution is -2.20. The van der Waals surface area contributed by atoms with Gasteiger partial charge in [0, 0.05) is 18.1 Å². The topological polar surface area (TPSA) is 37.8 Å². The number of pyridine rings is 1. The minimum absolute atomic E-state index is 0.383. The Hall–Kier alpha value is -1.26. The third-order valence-electron chi connectivity index (χ3n) is 2.79. The number of thiazole rings is 1. The van der Waals surface area contributed by atoms with Crippen LogP contribution in [0.2, 0.25) is 0 Å². The van der Waals surface area contributed by atoms with Crippen molar-refractivity contribution in [3.63, 3.8) is 0 Å². The van der Waals surface area contributed by atoms with Crippen LogP contribution in [0.1, 0.15) is 32.9 Å². The van der Waals surface area contributed by atoms with Crippen molar-refractivity contribution in [2.45, 2.75) is 33.7 Å². The number of nitrogens with one attached hydrogen (secondary N) is 1. The maximum Gasteiger partial charge on any atom is 0.142 e. The molecule has 1 N–H and O–H groups in total. The van der Waals surface area contributed by atoms with Crippen molar-refractivity contribution in [3.8, 4) is 10.7 Å². The Labute approximate surface area is 119 Å². The highest BCUT2D eigenvalue weighted by atomic mass is 32.1. The Kier molecular flexibility index (Phi) is 4.66. The van der Waals surface area contributed by atoms with Crippen LogP contribution in [0.4, 0.5) is 0 Å². The van der Waals surface area contributed by atoms with E-state index in [-0.39, 0.29) is 0 Å². The van der Waals surface area contributed by atoms with Gasteiger partial charge in [0.1, 0.15) is 5.01 Å². The molecule has 0 saturated heterocycles. The summed E-state index contributed by atoms with van der Waals surface area (Å²) in [5, 5.41) is 6.55. The monoisotopic (exact) mass is 275 g/mol. The molecule has 0 aromatic carbocycles. The van der Waals surface area contributed by atoms with Crippen molar-refractivity contribution in [1.82, 2.24) is 15.3 Å². The molecule has 2 aromatic heterocycles. The van der Waals surface area contributed by atoms with Crippen LogP contribution in [0.3, 0.4) is 0 Å². The molecule has 2 aromatic rings. The summed E-state index contributed by atoms with van der Waals surface area (Å²) in [6, 6.07) is 5.91. The van der Waals surface area contributed by atoms with E-state index in [1.54, 1.807) is 17.5 Å². The fourth-order valence-electron chi connectivity index (χ4n) is 1.67. The average Bonchev–Trinajstić information content (AvgIpc) is 2.83. The minimum Gasteiger partial charge on any atom is -0.311 e. The lowest BCUT2D eigenvalue weighted by Gasteiger charge is -2.17. The molecule has 0 aliphatic rings. The number of aromatic nitrogens is 2. The molecule has 0 amide bonds. The standard InChI is InChI=1S/C15H21N3S/c1-15(2,3)7-9-16-10-12-11-19-14(18-12)13-6-4-5-8-17-13/h4-6,8,11,16H,7,9-10H2,1-3H3. The molecule has 0 fully saturated rings. The summed E-state index contributed by atoms with van der Waals surface area (Å²) in [6.45, 7) is 8.64. The number of hydrogen-bond acceptors (Lipinski definition) is 4. The van der Waals surface area contributed by atoms with Crippen LogP contribution in [0.5, 0.6) is 0 Å². The van der Waals surface area contributed by atoms with Crippen LogP contribution in [-0.4, -0.2) is 16.5 Å². The first-order valence-corrected chi connectivity index (χ1v) is 7.49. The molecule has 102 valence electrons. The fourth-order valence-corrected chi connectivity index (χ4v) is 2.47. The van der Waals surface area contributed by atoms with Crippen molar-refractivity contribution in [2.24, 2.45) is 5.41 Å². The van der Waals surface area contributed by atoms with E-state index in [2.05, 4.69) is 41.4 Å². The quantitative estimate of drug-likeness (QED) is 0.845. The number of rotatable bonds is 5. The van der Waals surface area contributed by atoms with Gasteiger partial charge in [0.15, 0.2) is 0 Å². The molecule has 0 aliphatic heterocycles. The van der Waals surface area contributed by atoms with Gasteiger partial charge in [-0.25, -0.2) is 4.98 Å². The highest BCUT2D eigenvalue weighted by Gasteiger charge is 2.09. The van der Waals surface area contributed by atoms with Crippen molar-refractivity contribution in [1.29, 1.82) is 0 Å². The lowest BCUT2D eigenvalue weighted by molar-refractivity contribution is 0.366. The summed E-state index contributed by atoms with van der Waals surface area (Å²) in [5.74, 6) is 0. The van der Waals surface area contributed by atoms with Crippen LogP contribution >= 0.6 is 11.3 Å². The molecule has 19 heavy (non-hydrogen) atoms. The van der Waals surface area contributed by atoms with E-state index in [4.69, 9.17) is 0 Å². The molecule has 0 saturated carbocycles. The highest BCUT2D eigenvalue weighted by molar-refractivity contribution is 7.13. The van der Waals surface area contributed by atoms with Gasteiger partial charge >= 0.3 is 0 Å². The molecule has 0 spiro atoms. The first-order valence-electron chi connectivity index (χ1n) is 6.61. The maximum absolute atomic E-state index is 4.61. The van der Waals surface area contributed by atoms with Gasteiger partial charge < -0.3 is 5.32 Å². The summed E-state index contributed by atoms with van der Waals surface area (Å²) in [6.07, 6.45) is 2.97. The molecule has 0 unspecified atom stereocenters. The Morgan fingerprint density at radius 2 is 2.11 bits per heavy atom. The third-order valence-corrected chi connectivity index (χ3v) is 3.71. The van der Waals surface area contributed by atoms with E-state index in [0.717, 1.165) is 29.5 Å². The van der Waals surface area contributed by atoms with Crippen LogP contribution < -0.4 is 5.32 Å². The molecule has 0 bridgehead atoms. The first kappa shape index (κ1) is 14.2. The smallest absolute Gasteiger partial charge is 0.142 e. The molecular weight excluding hydrogens is 254 g/mol. The number of nitrogens with zero attached hydrogens (tertiary/aromatic N) is 2. The van der Waals surface area contributed by atoms with E-state index in [1.165, 1.54) is 6.42 Å². The molecule has 2 rings (SSSR count). The molecule has 0 atom stereocenters. The zero-order valence-electron chi connectivity index (χ0n) is 11.8. The SMILES string of the molecule is CC(C)(C)CCNCc1csc(-c2ccccn2)n1. The molecule has 3 nitrogen and oxygen atoms in total. The van der Waals surface area contributed by atoms with Gasteiger partial charge in [-0.2, -0.15) is 0 Å². The summed E-state index contributed by atoms with van der Waals surface area (Å²) >= 11 is 1.65. The second-order valence-corrected chi connectivity index (χ2v) is 6.70. The second-order valence-electron chi connectivity index (χ2n) is 5.85. The molecule has 0 aliphatic carbocycles. The van der Waals surface area contributed by atoms with E-state index < -0.39 is 0 Å². The Morgan fingerprint density at radius 3 is 2.79 bits per heavy atom. The van der Waals surface area contributed by atoms with Gasteiger partial charge in [0.25, 0.3) is 0 Å². The molecular formula is C15H21N3S. The van der Waals surface area contributed by atoms with E-state index >= 15 is 0 Å². The fraction of sp³-hybridized carbons (Fsp3) is 0.467. The summed E-state index contributed by atoms with van der Waals surface area (Å²) < 4.78 is 0. The van der Waals surface area contributed by atoms with Crippen molar-refractivity contribution < 1.29 is 0 Å². The first-order chi connectivity index (χ1) is 9.04. The van der Waals surface area contributed by atoms with Crippen LogP contribution in [0.15, 0.2) is 29.8 Å². The van der Waals surface area contributed by atoms with Crippen LogP contribution in [0, 0.1) is 5.41 Å². The van der Waals surface area contributed by atoms with E-state index in [0.29, 0.717) is 5.41 Å². The molecule has 0 radical (unpaired) electrons. The van der Waals surface area contributed by atoms with Crippen LogP contribution in [-0.2, 0) is 6.54 Å². The van der Waals surface area contributed by atoms with Gasteiger partial charge in [-0.1, -0.05) is 26.8 Å². The average molecular weight is 275 g/mol. The van der Waals surface area contributed by atoms with E-state index in [9.17, 15) is 0 Å². The van der Waals surface area contributed by atoms with Gasteiger partial charge in [-0.05, 0) is 30.5 Å². The normalized spacial score (nSPS) is 11.7. The summed E-state index contributed by atoms with van der Waals surface area (Å²) in [5.41, 5.74) is 2.43. The van der Waals surface area contributed by atoms with Gasteiger partial charge in [0.05, 0.1) is 11.4 Å². The Balaban J connectivity index is 1.85. The third kappa shape index (κ3) is 4.73. The Bertz CT molecular complexity index is 500. The lowest BCUT2D eigenvalue weighted by atomic mass is 9.92. The zero-order valence-corrected chi connectivity index (χ0v) is 12.6. The minimum atomic E-state index is 0.383. The highest BCUT2D eigenvalue weighted by Crippen LogP contribution is 2.21. The van der Waals surface area contributed by atoms with Gasteiger partial charge in [-0.15, -0.1) is 11.3 Å². The van der Waals surface area contributed by atoms with Crippen molar-refractivity contribution >= 4 is 11.3 Å². The Morgan fingerprint density at radius 1 is 1.26 bits per heavy atom. The van der Waals surface area contributed by atoms with Crippen molar-refractivity contribution in [3.05, 3.63) is 35.5 Å². The van der Waals surface area contributed by atoms with Crippen molar-refractivity contribution in [2.75, 3.05) is 6.54 Å². The van der Waals surface area contributed by atoms with Crippen LogP contribution in [0.25, 0.3) is 10.7 Å². The van der Waals surface area contributed by atoms with Gasteiger partial charge in [0.2, 0.25) is 0 Å². The second kappa shape index (κ2) is 6.26. The predicted molar refractivity (Wildman–Crippen MR) is 81.1 cm³/mol. The maximum atomic E-state index is 4.61. The zero-order chi connectivity index (χ0) is 13.7. The van der Waals surface area contributed by atoms with Gasteiger partial charge in [-0.3, -0.25) is 4.98 Å². The number of hydrogen-bond donors (Lipinski definition) is 1.